The number of nitrogens with one attached hydrogen (secondary N) is 1. The molecular weight excluding hydrogens is 254 g/mol. The summed E-state index contributed by atoms with van der Waals surface area (Å²) in [6.07, 6.45) is 0.646. The lowest BCUT2D eigenvalue weighted by atomic mass is 10.1. The van der Waals surface area contributed by atoms with Gasteiger partial charge in [-0.15, -0.1) is 0 Å². The smallest absolute Gasteiger partial charge is 0.301 e. The van der Waals surface area contributed by atoms with Crippen LogP contribution in [0.4, 0.5) is 11.4 Å². The van der Waals surface area contributed by atoms with Gasteiger partial charge in [-0.3, -0.25) is 4.31 Å². The van der Waals surface area contributed by atoms with Gasteiger partial charge < -0.3 is 10.5 Å². The molecule has 0 atom stereocenters. The van der Waals surface area contributed by atoms with Gasteiger partial charge in [-0.05, 0) is 18.6 Å². The van der Waals surface area contributed by atoms with Crippen molar-refractivity contribution in [1.29, 1.82) is 0 Å². The van der Waals surface area contributed by atoms with Crippen molar-refractivity contribution in [3.63, 3.8) is 0 Å². The van der Waals surface area contributed by atoms with Crippen molar-refractivity contribution < 1.29 is 13.2 Å². The third-order valence-electron chi connectivity index (χ3n) is 2.90. The molecule has 0 saturated carbocycles. The molecule has 6 nitrogen and oxygen atoms in total. The normalized spacial score (nSPS) is 14.8. The van der Waals surface area contributed by atoms with Crippen LogP contribution >= 0.6 is 0 Å². The van der Waals surface area contributed by atoms with E-state index in [4.69, 9.17) is 10.5 Å². The molecular formula is C11H17N3O3S. The number of fused-ring (bicyclic) bond motifs is 1. The molecule has 7 heteroatoms. The van der Waals surface area contributed by atoms with Crippen molar-refractivity contribution in [2.75, 3.05) is 36.8 Å². The molecule has 0 fully saturated rings. The van der Waals surface area contributed by atoms with Gasteiger partial charge in [-0.25, -0.2) is 0 Å². The minimum atomic E-state index is -3.51. The average Bonchev–Trinajstić information content (AvgIpc) is 2.75. The summed E-state index contributed by atoms with van der Waals surface area (Å²) in [4.78, 5) is 0. The van der Waals surface area contributed by atoms with Crippen molar-refractivity contribution in [2.24, 2.45) is 0 Å². The first-order valence-corrected chi connectivity index (χ1v) is 7.14. The highest BCUT2D eigenvalue weighted by molar-refractivity contribution is 7.90. The van der Waals surface area contributed by atoms with Gasteiger partial charge in [0.15, 0.2) is 0 Å². The topological polar surface area (TPSA) is 84.7 Å². The van der Waals surface area contributed by atoms with Crippen LogP contribution in [0.15, 0.2) is 18.2 Å². The Morgan fingerprint density at radius 3 is 3.00 bits per heavy atom. The number of nitrogens with zero attached hydrogens (tertiary/aromatic N) is 1. The third kappa shape index (κ3) is 2.43. The lowest BCUT2D eigenvalue weighted by Gasteiger charge is -2.19. The summed E-state index contributed by atoms with van der Waals surface area (Å²) < 4.78 is 32.9. The van der Waals surface area contributed by atoms with E-state index in [1.54, 1.807) is 18.2 Å². The van der Waals surface area contributed by atoms with Crippen LogP contribution < -0.4 is 14.8 Å². The number of methoxy groups -OCH3 is 1. The first kappa shape index (κ1) is 13.1. The highest BCUT2D eigenvalue weighted by Crippen LogP contribution is 2.33. The predicted molar refractivity (Wildman–Crippen MR) is 70.7 cm³/mol. The molecule has 0 amide bonds. The molecule has 0 radical (unpaired) electrons. The van der Waals surface area contributed by atoms with E-state index in [-0.39, 0.29) is 6.54 Å². The van der Waals surface area contributed by atoms with Crippen LogP contribution in [0.25, 0.3) is 0 Å². The number of hydrogen-bond acceptors (Lipinski definition) is 4. The average molecular weight is 271 g/mol. The fourth-order valence-electron chi connectivity index (χ4n) is 2.03. The molecule has 100 valence electrons. The maximum Gasteiger partial charge on any atom is 0.301 e. The van der Waals surface area contributed by atoms with E-state index in [9.17, 15) is 8.42 Å². The fraction of sp³-hybridized carbons (Fsp3) is 0.455. The maximum atomic E-state index is 12.1. The first-order valence-electron chi connectivity index (χ1n) is 5.70. The molecule has 3 N–H and O–H groups in total. The summed E-state index contributed by atoms with van der Waals surface area (Å²) in [6.45, 7) is 1.02. The quantitative estimate of drug-likeness (QED) is 0.588. The Kier molecular flexibility index (Phi) is 3.74. The van der Waals surface area contributed by atoms with E-state index in [1.165, 1.54) is 11.4 Å². The van der Waals surface area contributed by atoms with E-state index in [2.05, 4.69) is 4.72 Å². The maximum absolute atomic E-state index is 12.1. The first-order chi connectivity index (χ1) is 8.56. The number of nitrogens with two attached hydrogens (primary N) is 1. The number of hydrogen-bond donors (Lipinski definition) is 2. The summed E-state index contributed by atoms with van der Waals surface area (Å²) in [5.74, 6) is 0. The van der Waals surface area contributed by atoms with Crippen LogP contribution in [0.1, 0.15) is 5.56 Å². The molecule has 1 aromatic rings. The molecule has 0 aromatic heterocycles. The molecule has 18 heavy (non-hydrogen) atoms. The molecule has 0 bridgehead atoms. The van der Waals surface area contributed by atoms with Crippen molar-refractivity contribution in [1.82, 2.24) is 4.72 Å². The largest absolute Gasteiger partial charge is 0.398 e. The zero-order valence-electron chi connectivity index (χ0n) is 10.2. The summed E-state index contributed by atoms with van der Waals surface area (Å²) in [6, 6.07) is 5.32. The van der Waals surface area contributed by atoms with Gasteiger partial charge in [0.1, 0.15) is 0 Å². The second-order valence-electron chi connectivity index (χ2n) is 4.06. The number of rotatable bonds is 5. The van der Waals surface area contributed by atoms with Gasteiger partial charge in [0.25, 0.3) is 0 Å². The zero-order chi connectivity index (χ0) is 13.2. The second kappa shape index (κ2) is 5.13. The van der Waals surface area contributed by atoms with E-state index in [0.717, 1.165) is 5.56 Å². The van der Waals surface area contributed by atoms with Gasteiger partial charge in [0.2, 0.25) is 0 Å². The summed E-state index contributed by atoms with van der Waals surface area (Å²) in [7, 11) is -1.99. The van der Waals surface area contributed by atoms with Crippen LogP contribution in [-0.2, 0) is 21.4 Å². The van der Waals surface area contributed by atoms with E-state index in [1.807, 2.05) is 0 Å². The van der Waals surface area contributed by atoms with Crippen LogP contribution in [0.5, 0.6) is 0 Å². The standard InChI is InChI=1S/C11H17N3O3S/c1-17-8-6-13-18(15,16)14-7-5-9-10(12)3-2-4-11(9)14/h2-4,13H,5-8,12H2,1H3. The molecule has 1 aliphatic heterocycles. The van der Waals surface area contributed by atoms with Crippen molar-refractivity contribution >= 4 is 21.6 Å². The van der Waals surface area contributed by atoms with Crippen molar-refractivity contribution in [3.05, 3.63) is 23.8 Å². The van der Waals surface area contributed by atoms with E-state index < -0.39 is 10.2 Å². The summed E-state index contributed by atoms with van der Waals surface area (Å²) >= 11 is 0. The molecule has 0 spiro atoms. The molecule has 0 saturated heterocycles. The molecule has 0 aliphatic carbocycles. The number of anilines is 2. The number of nitrogen functional groups attached to an aromatic ring is 1. The Hall–Kier alpha value is -1.31. The Bertz CT molecular complexity index is 530. The molecule has 2 rings (SSSR count). The molecule has 1 heterocycles. The minimum absolute atomic E-state index is 0.257. The van der Waals surface area contributed by atoms with Crippen LogP contribution in [0.2, 0.25) is 0 Å². The van der Waals surface area contributed by atoms with Gasteiger partial charge >= 0.3 is 10.2 Å². The van der Waals surface area contributed by atoms with Gasteiger partial charge in [-0.2, -0.15) is 13.1 Å². The second-order valence-corrected chi connectivity index (χ2v) is 5.74. The Balaban J connectivity index is 2.20. The van der Waals surface area contributed by atoms with Gasteiger partial charge in [0, 0.05) is 31.5 Å². The number of ether oxygens (including phenoxy) is 1. The Morgan fingerprint density at radius 2 is 2.28 bits per heavy atom. The predicted octanol–water partition coefficient (Wildman–Crippen LogP) is 0.112. The Labute approximate surface area is 107 Å². The van der Waals surface area contributed by atoms with Gasteiger partial charge in [0.05, 0.1) is 12.3 Å². The lowest BCUT2D eigenvalue weighted by Crippen LogP contribution is -2.41. The van der Waals surface area contributed by atoms with Crippen LogP contribution in [0, 0.1) is 0 Å². The van der Waals surface area contributed by atoms with Gasteiger partial charge in [-0.1, -0.05) is 6.07 Å². The molecule has 1 aliphatic rings. The minimum Gasteiger partial charge on any atom is -0.398 e. The highest BCUT2D eigenvalue weighted by Gasteiger charge is 2.29. The van der Waals surface area contributed by atoms with Crippen LogP contribution in [-0.4, -0.2) is 35.2 Å². The highest BCUT2D eigenvalue weighted by atomic mass is 32.2. The number of benzene rings is 1. The molecule has 1 aromatic carbocycles. The summed E-state index contributed by atoms with van der Waals surface area (Å²) in [5, 5.41) is 0. The van der Waals surface area contributed by atoms with E-state index >= 15 is 0 Å². The van der Waals surface area contributed by atoms with Crippen molar-refractivity contribution in [3.8, 4) is 0 Å². The fourth-order valence-corrected chi connectivity index (χ4v) is 3.29. The van der Waals surface area contributed by atoms with Crippen LogP contribution in [0.3, 0.4) is 0 Å². The zero-order valence-corrected chi connectivity index (χ0v) is 11.0. The van der Waals surface area contributed by atoms with Crippen molar-refractivity contribution in [2.45, 2.75) is 6.42 Å². The monoisotopic (exact) mass is 271 g/mol. The lowest BCUT2D eigenvalue weighted by molar-refractivity contribution is 0.204. The SMILES string of the molecule is COCCNS(=O)(=O)N1CCc2c(N)cccc21. The molecule has 0 unspecified atom stereocenters. The van der Waals surface area contributed by atoms with E-state index in [0.29, 0.717) is 30.9 Å². The third-order valence-corrected chi connectivity index (χ3v) is 4.43. The Morgan fingerprint density at radius 1 is 1.50 bits per heavy atom. The summed E-state index contributed by atoms with van der Waals surface area (Å²) in [5.41, 5.74) is 8.04.